The highest BCUT2D eigenvalue weighted by Crippen LogP contribution is 2.26. The van der Waals surface area contributed by atoms with E-state index >= 15 is 0 Å². The molecule has 0 amide bonds. The number of hydrogen-bond acceptors (Lipinski definition) is 1. The number of aromatic nitrogens is 2. The van der Waals surface area contributed by atoms with Crippen molar-refractivity contribution >= 4 is 11.6 Å². The molecule has 2 aromatic carbocycles. The Morgan fingerprint density at radius 2 is 1.76 bits per heavy atom. The summed E-state index contributed by atoms with van der Waals surface area (Å²) in [6.45, 7) is 4.82. The van der Waals surface area contributed by atoms with Crippen LogP contribution in [0.5, 0.6) is 0 Å². The summed E-state index contributed by atoms with van der Waals surface area (Å²) in [5.41, 5.74) is 5.62. The summed E-state index contributed by atoms with van der Waals surface area (Å²) in [5, 5.41) is 5.41. The molecule has 1 heterocycles. The standard InChI is InChI=1S/C18H17ClN2/c1-13-10-16(8-9-17(13)19)18-11-14(2)20-21(18)12-15-6-4-3-5-7-15/h3-11H,12H2,1-2H3. The summed E-state index contributed by atoms with van der Waals surface area (Å²) in [7, 11) is 0. The Morgan fingerprint density at radius 3 is 2.48 bits per heavy atom. The fourth-order valence-electron chi connectivity index (χ4n) is 2.46. The maximum atomic E-state index is 6.12. The third-order valence-electron chi connectivity index (χ3n) is 3.53. The van der Waals surface area contributed by atoms with Crippen LogP contribution >= 0.6 is 11.6 Å². The number of benzene rings is 2. The van der Waals surface area contributed by atoms with Gasteiger partial charge >= 0.3 is 0 Å². The summed E-state index contributed by atoms with van der Waals surface area (Å²) in [6.07, 6.45) is 0. The Morgan fingerprint density at radius 1 is 1.00 bits per heavy atom. The molecule has 1 aromatic heterocycles. The molecule has 21 heavy (non-hydrogen) atoms. The third kappa shape index (κ3) is 3.01. The van der Waals surface area contributed by atoms with Gasteiger partial charge in [-0.25, -0.2) is 0 Å². The van der Waals surface area contributed by atoms with Crippen LogP contribution in [-0.2, 0) is 6.54 Å². The fraction of sp³-hybridized carbons (Fsp3) is 0.167. The van der Waals surface area contributed by atoms with Gasteiger partial charge in [0.2, 0.25) is 0 Å². The molecule has 0 saturated carbocycles. The van der Waals surface area contributed by atoms with Crippen LogP contribution in [0.2, 0.25) is 5.02 Å². The largest absolute Gasteiger partial charge is 0.260 e. The molecule has 0 radical (unpaired) electrons. The Hall–Kier alpha value is -2.06. The van der Waals surface area contributed by atoms with Gasteiger partial charge in [-0.1, -0.05) is 48.0 Å². The van der Waals surface area contributed by atoms with Crippen LogP contribution in [0, 0.1) is 13.8 Å². The first-order valence-corrected chi connectivity index (χ1v) is 7.36. The van der Waals surface area contributed by atoms with Crippen molar-refractivity contribution in [3.8, 4) is 11.3 Å². The number of hydrogen-bond donors (Lipinski definition) is 0. The zero-order chi connectivity index (χ0) is 14.8. The lowest BCUT2D eigenvalue weighted by Crippen LogP contribution is -2.04. The second-order valence-corrected chi connectivity index (χ2v) is 5.69. The van der Waals surface area contributed by atoms with E-state index in [4.69, 9.17) is 11.6 Å². The normalized spacial score (nSPS) is 10.8. The SMILES string of the molecule is Cc1cc(-c2ccc(Cl)c(C)c2)n(Cc2ccccc2)n1. The Kier molecular flexibility index (Phi) is 3.80. The Balaban J connectivity index is 2.01. The van der Waals surface area contributed by atoms with Crippen molar-refractivity contribution in [3.63, 3.8) is 0 Å². The predicted molar refractivity (Wildman–Crippen MR) is 87.7 cm³/mol. The molecule has 0 aliphatic heterocycles. The number of aryl methyl sites for hydroxylation is 2. The molecule has 3 heteroatoms. The van der Waals surface area contributed by atoms with Gasteiger partial charge in [-0.15, -0.1) is 0 Å². The Bertz CT molecular complexity index is 760. The Labute approximate surface area is 130 Å². The number of halogens is 1. The van der Waals surface area contributed by atoms with Gasteiger partial charge in [0, 0.05) is 10.6 Å². The van der Waals surface area contributed by atoms with Crippen LogP contribution in [0.1, 0.15) is 16.8 Å². The van der Waals surface area contributed by atoms with Crippen molar-refractivity contribution in [2.45, 2.75) is 20.4 Å². The van der Waals surface area contributed by atoms with E-state index in [1.54, 1.807) is 0 Å². The van der Waals surface area contributed by atoms with E-state index in [9.17, 15) is 0 Å². The molecular weight excluding hydrogens is 280 g/mol. The van der Waals surface area contributed by atoms with Gasteiger partial charge in [0.25, 0.3) is 0 Å². The number of rotatable bonds is 3. The molecule has 0 aliphatic carbocycles. The molecule has 0 fully saturated rings. The van der Waals surface area contributed by atoms with E-state index in [1.807, 2.05) is 36.7 Å². The summed E-state index contributed by atoms with van der Waals surface area (Å²) >= 11 is 6.12. The topological polar surface area (TPSA) is 17.8 Å². The van der Waals surface area contributed by atoms with Crippen molar-refractivity contribution in [2.24, 2.45) is 0 Å². The second-order valence-electron chi connectivity index (χ2n) is 5.28. The smallest absolute Gasteiger partial charge is 0.0689 e. The quantitative estimate of drug-likeness (QED) is 0.674. The van der Waals surface area contributed by atoms with E-state index in [-0.39, 0.29) is 0 Å². The molecule has 0 atom stereocenters. The molecule has 3 aromatic rings. The summed E-state index contributed by atoms with van der Waals surface area (Å²) in [6, 6.07) is 18.6. The molecule has 0 spiro atoms. The lowest BCUT2D eigenvalue weighted by molar-refractivity contribution is 0.686. The lowest BCUT2D eigenvalue weighted by atomic mass is 10.1. The minimum Gasteiger partial charge on any atom is -0.260 e. The van der Waals surface area contributed by atoms with Gasteiger partial charge in [0.15, 0.2) is 0 Å². The van der Waals surface area contributed by atoms with Crippen molar-refractivity contribution in [2.75, 3.05) is 0 Å². The highest BCUT2D eigenvalue weighted by molar-refractivity contribution is 6.31. The summed E-state index contributed by atoms with van der Waals surface area (Å²) in [5.74, 6) is 0. The van der Waals surface area contributed by atoms with Crippen LogP contribution in [0.3, 0.4) is 0 Å². The van der Waals surface area contributed by atoms with E-state index < -0.39 is 0 Å². The highest BCUT2D eigenvalue weighted by Gasteiger charge is 2.09. The lowest BCUT2D eigenvalue weighted by Gasteiger charge is -2.09. The third-order valence-corrected chi connectivity index (χ3v) is 3.96. The first-order chi connectivity index (χ1) is 10.1. The van der Waals surface area contributed by atoms with Gasteiger partial charge in [-0.2, -0.15) is 5.10 Å². The molecule has 3 rings (SSSR count). The van der Waals surface area contributed by atoms with Gasteiger partial charge in [0.05, 0.1) is 17.9 Å². The van der Waals surface area contributed by atoms with E-state index in [2.05, 4.69) is 41.5 Å². The molecule has 106 valence electrons. The summed E-state index contributed by atoms with van der Waals surface area (Å²) in [4.78, 5) is 0. The van der Waals surface area contributed by atoms with Crippen molar-refractivity contribution in [1.29, 1.82) is 0 Å². The van der Waals surface area contributed by atoms with Gasteiger partial charge < -0.3 is 0 Å². The molecule has 0 bridgehead atoms. The first-order valence-electron chi connectivity index (χ1n) is 6.98. The maximum Gasteiger partial charge on any atom is 0.0689 e. The molecule has 2 nitrogen and oxygen atoms in total. The minimum absolute atomic E-state index is 0.770. The monoisotopic (exact) mass is 296 g/mol. The molecule has 0 aliphatic rings. The molecule has 0 N–H and O–H groups in total. The van der Waals surface area contributed by atoms with Gasteiger partial charge in [-0.05, 0) is 43.2 Å². The van der Waals surface area contributed by atoms with Crippen LogP contribution in [0.4, 0.5) is 0 Å². The first kappa shape index (κ1) is 13.9. The van der Waals surface area contributed by atoms with Gasteiger partial charge in [0.1, 0.15) is 0 Å². The fourth-order valence-corrected chi connectivity index (χ4v) is 2.58. The zero-order valence-corrected chi connectivity index (χ0v) is 12.9. The molecule has 0 saturated heterocycles. The molecule has 0 unspecified atom stereocenters. The zero-order valence-electron chi connectivity index (χ0n) is 12.2. The highest BCUT2D eigenvalue weighted by atomic mass is 35.5. The van der Waals surface area contributed by atoms with Crippen molar-refractivity contribution < 1.29 is 0 Å². The van der Waals surface area contributed by atoms with E-state index in [0.29, 0.717) is 0 Å². The van der Waals surface area contributed by atoms with Crippen molar-refractivity contribution in [3.05, 3.63) is 76.4 Å². The predicted octanol–water partition coefficient (Wildman–Crippen LogP) is 4.87. The van der Waals surface area contributed by atoms with E-state index in [0.717, 1.165) is 34.1 Å². The van der Waals surface area contributed by atoms with E-state index in [1.165, 1.54) is 5.56 Å². The van der Waals surface area contributed by atoms with Crippen molar-refractivity contribution in [1.82, 2.24) is 9.78 Å². The van der Waals surface area contributed by atoms with Crippen LogP contribution in [0.25, 0.3) is 11.3 Å². The van der Waals surface area contributed by atoms with Crippen LogP contribution < -0.4 is 0 Å². The van der Waals surface area contributed by atoms with Gasteiger partial charge in [-0.3, -0.25) is 4.68 Å². The average molecular weight is 297 g/mol. The maximum absolute atomic E-state index is 6.12. The summed E-state index contributed by atoms with van der Waals surface area (Å²) < 4.78 is 2.05. The second kappa shape index (κ2) is 5.74. The minimum atomic E-state index is 0.770. The molecular formula is C18H17ClN2. The van der Waals surface area contributed by atoms with Crippen LogP contribution in [-0.4, -0.2) is 9.78 Å². The average Bonchev–Trinajstić information content (AvgIpc) is 2.84. The van der Waals surface area contributed by atoms with Crippen LogP contribution in [0.15, 0.2) is 54.6 Å². The number of nitrogens with zero attached hydrogens (tertiary/aromatic N) is 2.